The van der Waals surface area contributed by atoms with Gasteiger partial charge in [0.05, 0.1) is 17.8 Å². The van der Waals surface area contributed by atoms with E-state index in [1.54, 1.807) is 24.5 Å². The van der Waals surface area contributed by atoms with Crippen molar-refractivity contribution in [3.8, 4) is 17.5 Å². The van der Waals surface area contributed by atoms with Gasteiger partial charge >= 0.3 is 0 Å². The number of hydrogen-bond donors (Lipinski definition) is 2. The van der Waals surface area contributed by atoms with Crippen LogP contribution < -0.4 is 5.32 Å². The molecule has 3 heterocycles. The van der Waals surface area contributed by atoms with E-state index in [4.69, 9.17) is 0 Å². The van der Waals surface area contributed by atoms with E-state index in [1.807, 2.05) is 6.07 Å². The van der Waals surface area contributed by atoms with Gasteiger partial charge in [-0.2, -0.15) is 10.4 Å². The van der Waals surface area contributed by atoms with Crippen LogP contribution in [-0.4, -0.2) is 25.1 Å². The summed E-state index contributed by atoms with van der Waals surface area (Å²) < 4.78 is 41.2. The molecule has 0 aliphatic rings. The first-order valence-corrected chi connectivity index (χ1v) is 8.00. The van der Waals surface area contributed by atoms with Gasteiger partial charge in [-0.15, -0.1) is 0 Å². The van der Waals surface area contributed by atoms with Crippen LogP contribution >= 0.6 is 0 Å². The number of aromatic amines is 1. The molecular weight excluding hydrogens is 371 g/mol. The van der Waals surface area contributed by atoms with Crippen LogP contribution in [0.3, 0.4) is 0 Å². The second-order valence-corrected chi connectivity index (χ2v) is 5.74. The molecule has 1 aromatic carbocycles. The maximum absolute atomic E-state index is 14.0. The summed E-state index contributed by atoms with van der Waals surface area (Å²) in [4.78, 5) is 12.0. The topological polar surface area (TPSA) is 103 Å². The maximum Gasteiger partial charge on any atom is 0.196 e. The number of halogens is 3. The van der Waals surface area contributed by atoms with Crippen molar-refractivity contribution in [2.45, 2.75) is 6.54 Å². The molecule has 0 aliphatic heterocycles. The standard InChI is InChI=1S/C18H10F3N7/c19-12-5-11-16(10(6-22)7-24-17(11)15(21)14(12)20)25-8-13-26-18(28-27-13)9-1-3-23-4-2-9/h1-5,7H,8H2,(H,24,25)(H,26,27,28). The number of benzene rings is 1. The average Bonchev–Trinajstić information content (AvgIpc) is 3.20. The molecular formula is C18H10F3N7. The van der Waals surface area contributed by atoms with Gasteiger partial charge in [0.2, 0.25) is 0 Å². The third-order valence-electron chi connectivity index (χ3n) is 4.02. The lowest BCUT2D eigenvalue weighted by Gasteiger charge is -2.11. The summed E-state index contributed by atoms with van der Waals surface area (Å²) >= 11 is 0. The molecule has 7 nitrogen and oxygen atoms in total. The number of fused-ring (bicyclic) bond motifs is 1. The van der Waals surface area contributed by atoms with Gasteiger partial charge in [-0.05, 0) is 18.2 Å². The molecule has 0 spiro atoms. The molecule has 3 aromatic heterocycles. The number of aromatic nitrogens is 5. The second-order valence-electron chi connectivity index (χ2n) is 5.74. The lowest BCUT2D eigenvalue weighted by atomic mass is 10.1. The summed E-state index contributed by atoms with van der Waals surface area (Å²) in [6.45, 7) is 0.0759. The number of H-pyrrole nitrogens is 1. The summed E-state index contributed by atoms with van der Waals surface area (Å²) in [5.41, 5.74) is 0.540. The Morgan fingerprint density at radius 2 is 1.93 bits per heavy atom. The van der Waals surface area contributed by atoms with Crippen molar-refractivity contribution in [3.05, 3.63) is 65.6 Å². The van der Waals surface area contributed by atoms with E-state index in [9.17, 15) is 18.4 Å². The minimum absolute atomic E-state index is 0.0479. The van der Waals surface area contributed by atoms with Crippen LogP contribution in [0.25, 0.3) is 22.3 Å². The molecule has 0 saturated heterocycles. The van der Waals surface area contributed by atoms with Gasteiger partial charge in [-0.25, -0.2) is 18.2 Å². The maximum atomic E-state index is 14.0. The zero-order valence-corrected chi connectivity index (χ0v) is 14.0. The van der Waals surface area contributed by atoms with Crippen LogP contribution in [0.2, 0.25) is 0 Å². The van der Waals surface area contributed by atoms with E-state index in [-0.39, 0.29) is 28.7 Å². The lowest BCUT2D eigenvalue weighted by molar-refractivity contribution is 0.452. The molecule has 0 fully saturated rings. The predicted molar refractivity (Wildman–Crippen MR) is 93.3 cm³/mol. The van der Waals surface area contributed by atoms with Gasteiger partial charge in [-0.3, -0.25) is 15.1 Å². The number of pyridine rings is 2. The normalized spacial score (nSPS) is 10.8. The van der Waals surface area contributed by atoms with E-state index in [1.165, 1.54) is 0 Å². The van der Waals surface area contributed by atoms with Gasteiger partial charge in [0.15, 0.2) is 23.3 Å². The quantitative estimate of drug-likeness (QED) is 0.526. The number of rotatable bonds is 4. The zero-order valence-electron chi connectivity index (χ0n) is 14.0. The Balaban J connectivity index is 1.68. The van der Waals surface area contributed by atoms with E-state index < -0.39 is 17.5 Å². The first kappa shape index (κ1) is 17.4. The molecule has 4 rings (SSSR count). The second kappa shape index (κ2) is 6.96. The molecule has 0 radical (unpaired) electrons. The number of anilines is 1. The molecule has 0 bridgehead atoms. The zero-order chi connectivity index (χ0) is 19.7. The summed E-state index contributed by atoms with van der Waals surface area (Å²) in [5.74, 6) is -3.54. The van der Waals surface area contributed by atoms with Gasteiger partial charge in [-0.1, -0.05) is 0 Å². The van der Waals surface area contributed by atoms with E-state index >= 15 is 0 Å². The summed E-state index contributed by atoms with van der Waals surface area (Å²) in [6.07, 6.45) is 4.30. The molecule has 28 heavy (non-hydrogen) atoms. The highest BCUT2D eigenvalue weighted by Crippen LogP contribution is 2.30. The molecule has 0 amide bonds. The third kappa shape index (κ3) is 2.99. The molecule has 0 unspecified atom stereocenters. The van der Waals surface area contributed by atoms with E-state index in [2.05, 4.69) is 30.5 Å². The number of nitriles is 1. The number of nitrogens with one attached hydrogen (secondary N) is 2. The Hall–Kier alpha value is -4.00. The SMILES string of the molecule is N#Cc1cnc2c(F)c(F)c(F)cc2c1NCc1nc(-c2ccncc2)n[nH]1. The summed E-state index contributed by atoms with van der Waals surface area (Å²) in [7, 11) is 0. The molecule has 138 valence electrons. The number of nitrogens with zero attached hydrogens (tertiary/aromatic N) is 5. The van der Waals surface area contributed by atoms with Crippen LogP contribution in [-0.2, 0) is 6.54 Å². The molecule has 2 N–H and O–H groups in total. The average molecular weight is 381 g/mol. The molecule has 0 atom stereocenters. The Morgan fingerprint density at radius 1 is 1.14 bits per heavy atom. The minimum Gasteiger partial charge on any atom is -0.376 e. The lowest BCUT2D eigenvalue weighted by Crippen LogP contribution is -2.06. The fourth-order valence-electron chi connectivity index (χ4n) is 2.69. The predicted octanol–water partition coefficient (Wildman–Crippen LogP) is 3.32. The van der Waals surface area contributed by atoms with Gasteiger partial charge in [0.1, 0.15) is 17.4 Å². The smallest absolute Gasteiger partial charge is 0.196 e. The molecule has 4 aromatic rings. The Labute approximate surface area is 155 Å². The van der Waals surface area contributed by atoms with Gasteiger partial charge in [0.25, 0.3) is 0 Å². The molecule has 0 saturated carbocycles. The van der Waals surface area contributed by atoms with Gasteiger partial charge < -0.3 is 5.32 Å². The highest BCUT2D eigenvalue weighted by molar-refractivity contribution is 5.94. The Bertz CT molecular complexity index is 1220. The highest BCUT2D eigenvalue weighted by Gasteiger charge is 2.19. The van der Waals surface area contributed by atoms with Crippen molar-refractivity contribution in [2.24, 2.45) is 0 Å². The first-order chi connectivity index (χ1) is 13.6. The van der Waals surface area contributed by atoms with Crippen molar-refractivity contribution in [2.75, 3.05) is 5.32 Å². The third-order valence-corrected chi connectivity index (χ3v) is 4.02. The largest absolute Gasteiger partial charge is 0.376 e. The fourth-order valence-corrected chi connectivity index (χ4v) is 2.69. The summed E-state index contributed by atoms with van der Waals surface area (Å²) in [6, 6.07) is 6.17. The highest BCUT2D eigenvalue weighted by atomic mass is 19.2. The Morgan fingerprint density at radius 3 is 2.68 bits per heavy atom. The molecule has 10 heteroatoms. The van der Waals surface area contributed by atoms with Gasteiger partial charge in [0, 0.05) is 29.5 Å². The van der Waals surface area contributed by atoms with Crippen molar-refractivity contribution < 1.29 is 13.2 Å². The van der Waals surface area contributed by atoms with Crippen LogP contribution in [0.1, 0.15) is 11.4 Å². The monoisotopic (exact) mass is 381 g/mol. The summed E-state index contributed by atoms with van der Waals surface area (Å²) in [5, 5.41) is 19.0. The number of hydrogen-bond acceptors (Lipinski definition) is 6. The molecule has 0 aliphatic carbocycles. The van der Waals surface area contributed by atoms with Crippen molar-refractivity contribution in [1.29, 1.82) is 5.26 Å². The van der Waals surface area contributed by atoms with Crippen molar-refractivity contribution >= 4 is 16.6 Å². The van der Waals surface area contributed by atoms with E-state index in [0.29, 0.717) is 11.6 Å². The van der Waals surface area contributed by atoms with Crippen molar-refractivity contribution in [3.63, 3.8) is 0 Å². The first-order valence-electron chi connectivity index (χ1n) is 8.00. The van der Waals surface area contributed by atoms with Crippen LogP contribution in [0.5, 0.6) is 0 Å². The fraction of sp³-hybridized carbons (Fsp3) is 0.0556. The van der Waals surface area contributed by atoms with E-state index in [0.717, 1.165) is 17.8 Å². The van der Waals surface area contributed by atoms with Crippen LogP contribution in [0.4, 0.5) is 18.9 Å². The van der Waals surface area contributed by atoms with Crippen molar-refractivity contribution in [1.82, 2.24) is 25.1 Å². The minimum atomic E-state index is -1.62. The van der Waals surface area contributed by atoms with Crippen LogP contribution in [0.15, 0.2) is 36.8 Å². The Kier molecular flexibility index (Phi) is 4.33. The van der Waals surface area contributed by atoms with Crippen LogP contribution in [0, 0.1) is 28.8 Å².